The molecule has 1 saturated heterocycles. The van der Waals surface area contributed by atoms with Gasteiger partial charge in [-0.2, -0.15) is 0 Å². The van der Waals surface area contributed by atoms with Crippen molar-refractivity contribution in [2.75, 3.05) is 37.6 Å². The minimum atomic E-state index is 0.223. The average molecular weight is 289 g/mol. The van der Waals surface area contributed by atoms with E-state index in [1.807, 2.05) is 4.90 Å². The van der Waals surface area contributed by atoms with Crippen molar-refractivity contribution < 1.29 is 4.79 Å². The summed E-state index contributed by atoms with van der Waals surface area (Å²) in [6.07, 6.45) is 10.2. The van der Waals surface area contributed by atoms with Crippen LogP contribution in [0.25, 0.3) is 0 Å². The highest BCUT2D eigenvalue weighted by Crippen LogP contribution is 2.17. The second kappa shape index (κ2) is 6.85. The largest absolute Gasteiger partial charge is 0.352 e. The molecule has 6 nitrogen and oxygen atoms in total. The van der Waals surface area contributed by atoms with Gasteiger partial charge in [0.1, 0.15) is 5.82 Å². The Morgan fingerprint density at radius 2 is 1.95 bits per heavy atom. The summed E-state index contributed by atoms with van der Waals surface area (Å²) in [4.78, 5) is 24.8. The summed E-state index contributed by atoms with van der Waals surface area (Å²) in [5, 5.41) is 3.39. The van der Waals surface area contributed by atoms with E-state index in [9.17, 15) is 4.79 Å². The normalized spacial score (nSPS) is 20.0. The quantitative estimate of drug-likeness (QED) is 0.882. The number of carbonyl (C=O) groups is 1. The van der Waals surface area contributed by atoms with E-state index in [-0.39, 0.29) is 5.91 Å². The van der Waals surface area contributed by atoms with Crippen molar-refractivity contribution in [1.82, 2.24) is 20.2 Å². The van der Waals surface area contributed by atoms with E-state index in [0.29, 0.717) is 12.6 Å². The lowest BCUT2D eigenvalue weighted by molar-refractivity contribution is -0.130. The maximum Gasteiger partial charge on any atom is 0.236 e. The van der Waals surface area contributed by atoms with Crippen LogP contribution >= 0.6 is 0 Å². The molecular formula is C15H23N5O. The van der Waals surface area contributed by atoms with Gasteiger partial charge in [0, 0.05) is 44.6 Å². The molecule has 1 aromatic heterocycles. The summed E-state index contributed by atoms with van der Waals surface area (Å²) in [5.74, 6) is 1.12. The number of nitrogens with zero attached hydrogens (tertiary/aromatic N) is 4. The molecule has 0 unspecified atom stereocenters. The van der Waals surface area contributed by atoms with Gasteiger partial charge in [0.25, 0.3) is 0 Å². The fourth-order valence-electron chi connectivity index (χ4n) is 3.11. The van der Waals surface area contributed by atoms with Crippen molar-refractivity contribution in [2.45, 2.75) is 31.7 Å². The Balaban J connectivity index is 1.43. The summed E-state index contributed by atoms with van der Waals surface area (Å²) in [6.45, 7) is 3.67. The number of hydrogen-bond donors (Lipinski definition) is 1. The molecular weight excluding hydrogens is 266 g/mol. The summed E-state index contributed by atoms with van der Waals surface area (Å²) >= 11 is 0. The van der Waals surface area contributed by atoms with Crippen LogP contribution in [0, 0.1) is 0 Å². The molecule has 0 bridgehead atoms. The lowest BCUT2D eigenvalue weighted by atomic mass is 10.2. The number of aromatic nitrogens is 2. The smallest absolute Gasteiger partial charge is 0.236 e. The molecule has 6 heteroatoms. The van der Waals surface area contributed by atoms with Gasteiger partial charge < -0.3 is 15.1 Å². The molecule has 1 aliphatic carbocycles. The van der Waals surface area contributed by atoms with E-state index < -0.39 is 0 Å². The molecule has 1 aliphatic heterocycles. The first kappa shape index (κ1) is 14.3. The third kappa shape index (κ3) is 3.69. The third-order valence-corrected chi connectivity index (χ3v) is 4.40. The Kier molecular flexibility index (Phi) is 4.65. The van der Waals surface area contributed by atoms with Crippen molar-refractivity contribution in [3.63, 3.8) is 0 Å². The molecule has 0 atom stereocenters. The minimum absolute atomic E-state index is 0.223. The fraction of sp³-hybridized carbons (Fsp3) is 0.667. The summed E-state index contributed by atoms with van der Waals surface area (Å²) < 4.78 is 0. The van der Waals surface area contributed by atoms with Crippen LogP contribution < -0.4 is 10.2 Å². The van der Waals surface area contributed by atoms with Gasteiger partial charge in [0.05, 0.1) is 12.7 Å². The monoisotopic (exact) mass is 289 g/mol. The van der Waals surface area contributed by atoms with Gasteiger partial charge in [-0.25, -0.2) is 4.98 Å². The lowest BCUT2D eigenvalue weighted by Gasteiger charge is -2.35. The Hall–Kier alpha value is -1.69. The number of amides is 1. The van der Waals surface area contributed by atoms with E-state index in [4.69, 9.17) is 0 Å². The molecule has 0 radical (unpaired) electrons. The van der Waals surface area contributed by atoms with Gasteiger partial charge in [-0.1, -0.05) is 12.8 Å². The van der Waals surface area contributed by atoms with Gasteiger partial charge in [-0.3, -0.25) is 9.78 Å². The Morgan fingerprint density at radius 1 is 1.19 bits per heavy atom. The van der Waals surface area contributed by atoms with Crippen LogP contribution in [0.15, 0.2) is 18.6 Å². The number of piperazine rings is 1. The molecule has 2 heterocycles. The first-order valence-electron chi connectivity index (χ1n) is 7.85. The summed E-state index contributed by atoms with van der Waals surface area (Å²) in [5.41, 5.74) is 0. The molecule has 2 aliphatic rings. The molecule has 3 rings (SSSR count). The molecule has 2 fully saturated rings. The average Bonchev–Trinajstić information content (AvgIpc) is 3.07. The summed E-state index contributed by atoms with van der Waals surface area (Å²) in [6, 6.07) is 0.551. The second-order valence-corrected chi connectivity index (χ2v) is 5.79. The zero-order chi connectivity index (χ0) is 14.5. The molecule has 114 valence electrons. The minimum Gasteiger partial charge on any atom is -0.352 e. The molecule has 1 aromatic rings. The van der Waals surface area contributed by atoms with Crippen LogP contribution in [0.3, 0.4) is 0 Å². The highest BCUT2D eigenvalue weighted by molar-refractivity contribution is 5.78. The predicted molar refractivity (Wildman–Crippen MR) is 81.1 cm³/mol. The van der Waals surface area contributed by atoms with E-state index in [1.54, 1.807) is 18.6 Å². The summed E-state index contributed by atoms with van der Waals surface area (Å²) in [7, 11) is 0. The van der Waals surface area contributed by atoms with Gasteiger partial charge >= 0.3 is 0 Å². The zero-order valence-electron chi connectivity index (χ0n) is 12.4. The van der Waals surface area contributed by atoms with Crippen molar-refractivity contribution in [3.8, 4) is 0 Å². The van der Waals surface area contributed by atoms with Crippen LogP contribution in [0.5, 0.6) is 0 Å². The van der Waals surface area contributed by atoms with Crippen molar-refractivity contribution in [2.24, 2.45) is 0 Å². The second-order valence-electron chi connectivity index (χ2n) is 5.79. The van der Waals surface area contributed by atoms with E-state index in [2.05, 4.69) is 20.2 Å². The molecule has 0 aromatic carbocycles. The van der Waals surface area contributed by atoms with Crippen LogP contribution in [0.2, 0.25) is 0 Å². The van der Waals surface area contributed by atoms with Crippen LogP contribution in [0.4, 0.5) is 5.82 Å². The number of hydrogen-bond acceptors (Lipinski definition) is 5. The number of rotatable bonds is 4. The Labute approximate surface area is 125 Å². The molecule has 1 saturated carbocycles. The number of nitrogens with one attached hydrogen (secondary N) is 1. The number of carbonyl (C=O) groups excluding carboxylic acids is 1. The predicted octanol–water partition coefficient (Wildman–Crippen LogP) is 0.657. The Morgan fingerprint density at radius 3 is 2.62 bits per heavy atom. The van der Waals surface area contributed by atoms with E-state index >= 15 is 0 Å². The van der Waals surface area contributed by atoms with Crippen LogP contribution in [0.1, 0.15) is 25.7 Å². The third-order valence-electron chi connectivity index (χ3n) is 4.40. The van der Waals surface area contributed by atoms with Gasteiger partial charge in [0.15, 0.2) is 0 Å². The molecule has 21 heavy (non-hydrogen) atoms. The zero-order valence-corrected chi connectivity index (χ0v) is 12.4. The van der Waals surface area contributed by atoms with Gasteiger partial charge in [-0.05, 0) is 12.8 Å². The van der Waals surface area contributed by atoms with E-state index in [1.165, 1.54) is 25.7 Å². The topological polar surface area (TPSA) is 61.4 Å². The molecule has 1 N–H and O–H groups in total. The lowest BCUT2D eigenvalue weighted by Crippen LogP contribution is -2.51. The first-order valence-corrected chi connectivity index (χ1v) is 7.85. The highest BCUT2D eigenvalue weighted by atomic mass is 16.2. The van der Waals surface area contributed by atoms with Crippen molar-refractivity contribution in [1.29, 1.82) is 0 Å². The van der Waals surface area contributed by atoms with Crippen LogP contribution in [-0.2, 0) is 4.79 Å². The standard InChI is InChI=1S/C15H23N5O/c21-15(12-18-13-3-1-2-4-13)20-9-7-19(8-10-20)14-11-16-5-6-17-14/h5-6,11,13,18H,1-4,7-10,12H2. The maximum atomic E-state index is 12.2. The van der Waals surface area contributed by atoms with Crippen molar-refractivity contribution in [3.05, 3.63) is 18.6 Å². The van der Waals surface area contributed by atoms with E-state index in [0.717, 1.165) is 32.0 Å². The molecule has 1 amide bonds. The van der Waals surface area contributed by atoms with Crippen molar-refractivity contribution >= 4 is 11.7 Å². The maximum absolute atomic E-state index is 12.2. The molecule has 0 spiro atoms. The van der Waals surface area contributed by atoms with Crippen LogP contribution in [-0.4, -0.2) is 59.5 Å². The number of anilines is 1. The Bertz CT molecular complexity index is 452. The first-order chi connectivity index (χ1) is 10.3. The SMILES string of the molecule is O=C(CNC1CCCC1)N1CCN(c2cnccn2)CC1. The van der Waals surface area contributed by atoms with Gasteiger partial charge in [-0.15, -0.1) is 0 Å². The fourth-order valence-corrected chi connectivity index (χ4v) is 3.11. The highest BCUT2D eigenvalue weighted by Gasteiger charge is 2.23. The van der Waals surface area contributed by atoms with Gasteiger partial charge in [0.2, 0.25) is 5.91 Å².